The molecule has 1 rings (SSSR count). The Hall–Kier alpha value is -1.72. The molecule has 0 saturated carbocycles. The molecule has 0 saturated heterocycles. The molecule has 0 aliphatic carbocycles. The van der Waals surface area contributed by atoms with Gasteiger partial charge in [0.25, 0.3) is 0 Å². The molecule has 0 spiro atoms. The molecule has 0 aliphatic rings. The maximum absolute atomic E-state index is 12.4. The number of halogens is 3. The van der Waals surface area contributed by atoms with E-state index in [2.05, 4.69) is 10.1 Å². The lowest BCUT2D eigenvalue weighted by molar-refractivity contribution is -0.137. The summed E-state index contributed by atoms with van der Waals surface area (Å²) in [7, 11) is 1.22. The standard InChI is InChI=1S/C11H12F3NO2/c1-17-10(16)15-6-5-8-3-2-4-9(7-8)11(12,13)14/h2-4,7H,5-6H2,1H3,(H,15,16). The Bertz CT molecular complexity index is 391. The molecular formula is C11H12F3NO2. The molecule has 1 N–H and O–H groups in total. The second kappa shape index (κ2) is 5.56. The first-order valence-electron chi connectivity index (χ1n) is 4.91. The number of carbonyl (C=O) groups excluding carboxylic acids is 1. The lowest BCUT2D eigenvalue weighted by Crippen LogP contribution is -2.25. The van der Waals surface area contributed by atoms with E-state index in [-0.39, 0.29) is 6.54 Å². The molecule has 3 nitrogen and oxygen atoms in total. The predicted octanol–water partition coefficient (Wildman–Crippen LogP) is 2.60. The molecule has 1 aromatic carbocycles. The Labute approximate surface area is 96.6 Å². The van der Waals surface area contributed by atoms with Gasteiger partial charge in [0.05, 0.1) is 12.7 Å². The van der Waals surface area contributed by atoms with Crippen molar-refractivity contribution in [2.24, 2.45) is 0 Å². The third-order valence-corrected chi connectivity index (χ3v) is 2.12. The van der Waals surface area contributed by atoms with Crippen LogP contribution in [0.25, 0.3) is 0 Å². The molecule has 17 heavy (non-hydrogen) atoms. The highest BCUT2D eigenvalue weighted by molar-refractivity contribution is 5.66. The van der Waals surface area contributed by atoms with Crippen molar-refractivity contribution in [3.63, 3.8) is 0 Å². The molecule has 1 amide bonds. The zero-order valence-electron chi connectivity index (χ0n) is 9.17. The van der Waals surface area contributed by atoms with Crippen LogP contribution in [0.5, 0.6) is 0 Å². The van der Waals surface area contributed by atoms with Crippen molar-refractivity contribution < 1.29 is 22.7 Å². The summed E-state index contributed by atoms with van der Waals surface area (Å²) in [6, 6.07) is 5.00. The fourth-order valence-corrected chi connectivity index (χ4v) is 1.28. The van der Waals surface area contributed by atoms with E-state index in [0.717, 1.165) is 12.1 Å². The monoisotopic (exact) mass is 247 g/mol. The average molecular weight is 247 g/mol. The van der Waals surface area contributed by atoms with Crippen LogP contribution in [-0.2, 0) is 17.3 Å². The smallest absolute Gasteiger partial charge is 0.416 e. The summed E-state index contributed by atoms with van der Waals surface area (Å²) in [5.74, 6) is 0. The van der Waals surface area contributed by atoms with Gasteiger partial charge in [-0.3, -0.25) is 0 Å². The number of amides is 1. The number of methoxy groups -OCH3 is 1. The molecule has 0 heterocycles. The number of alkyl halides is 3. The number of alkyl carbamates (subject to hydrolysis) is 1. The van der Waals surface area contributed by atoms with Crippen LogP contribution in [0.15, 0.2) is 24.3 Å². The lowest BCUT2D eigenvalue weighted by atomic mass is 10.1. The predicted molar refractivity (Wildman–Crippen MR) is 55.6 cm³/mol. The van der Waals surface area contributed by atoms with E-state index >= 15 is 0 Å². The normalized spacial score (nSPS) is 11.1. The maximum atomic E-state index is 12.4. The number of carbonyl (C=O) groups is 1. The second-order valence-corrected chi connectivity index (χ2v) is 3.37. The highest BCUT2D eigenvalue weighted by Gasteiger charge is 2.30. The lowest BCUT2D eigenvalue weighted by Gasteiger charge is -2.09. The second-order valence-electron chi connectivity index (χ2n) is 3.37. The van der Waals surface area contributed by atoms with Crippen molar-refractivity contribution in [2.45, 2.75) is 12.6 Å². The van der Waals surface area contributed by atoms with Crippen LogP contribution < -0.4 is 5.32 Å². The van der Waals surface area contributed by atoms with Crippen LogP contribution in [0, 0.1) is 0 Å². The Balaban J connectivity index is 2.58. The third kappa shape index (κ3) is 4.34. The van der Waals surface area contributed by atoms with Gasteiger partial charge >= 0.3 is 12.3 Å². The van der Waals surface area contributed by atoms with Gasteiger partial charge in [0.15, 0.2) is 0 Å². The van der Waals surface area contributed by atoms with Crippen molar-refractivity contribution in [1.29, 1.82) is 0 Å². The zero-order valence-corrected chi connectivity index (χ0v) is 9.17. The Morgan fingerprint density at radius 3 is 2.71 bits per heavy atom. The van der Waals surface area contributed by atoms with E-state index in [9.17, 15) is 18.0 Å². The number of benzene rings is 1. The van der Waals surface area contributed by atoms with Crippen LogP contribution in [0.4, 0.5) is 18.0 Å². The van der Waals surface area contributed by atoms with Crippen molar-refractivity contribution >= 4 is 6.09 Å². The van der Waals surface area contributed by atoms with Crippen molar-refractivity contribution in [1.82, 2.24) is 5.32 Å². The van der Waals surface area contributed by atoms with Crippen molar-refractivity contribution in [2.75, 3.05) is 13.7 Å². The molecule has 0 atom stereocenters. The fourth-order valence-electron chi connectivity index (χ4n) is 1.28. The number of nitrogens with one attached hydrogen (secondary N) is 1. The van der Waals surface area contributed by atoms with Crippen LogP contribution in [0.3, 0.4) is 0 Å². The molecular weight excluding hydrogens is 235 g/mol. The maximum Gasteiger partial charge on any atom is 0.416 e. The van der Waals surface area contributed by atoms with Gasteiger partial charge in [0.2, 0.25) is 0 Å². The first-order valence-corrected chi connectivity index (χ1v) is 4.91. The number of rotatable bonds is 3. The van der Waals surface area contributed by atoms with Crippen LogP contribution in [0.2, 0.25) is 0 Å². The van der Waals surface area contributed by atoms with Gasteiger partial charge in [0.1, 0.15) is 0 Å². The zero-order chi connectivity index (χ0) is 12.9. The fraction of sp³-hybridized carbons (Fsp3) is 0.364. The Morgan fingerprint density at radius 2 is 2.12 bits per heavy atom. The number of ether oxygens (including phenoxy) is 1. The summed E-state index contributed by atoms with van der Waals surface area (Å²) in [5.41, 5.74) is -0.177. The molecule has 0 radical (unpaired) electrons. The topological polar surface area (TPSA) is 38.3 Å². The van der Waals surface area contributed by atoms with Crippen molar-refractivity contribution in [3.05, 3.63) is 35.4 Å². The minimum absolute atomic E-state index is 0.230. The molecule has 0 aliphatic heterocycles. The van der Waals surface area contributed by atoms with E-state index in [1.165, 1.54) is 13.2 Å². The molecule has 94 valence electrons. The highest BCUT2D eigenvalue weighted by atomic mass is 19.4. The van der Waals surface area contributed by atoms with Crippen LogP contribution in [-0.4, -0.2) is 19.7 Å². The number of hydrogen-bond acceptors (Lipinski definition) is 2. The van der Waals surface area contributed by atoms with Gasteiger partial charge in [-0.15, -0.1) is 0 Å². The molecule has 0 aromatic heterocycles. The summed E-state index contributed by atoms with van der Waals surface area (Å²) in [5, 5.41) is 2.40. The summed E-state index contributed by atoms with van der Waals surface area (Å²) >= 11 is 0. The van der Waals surface area contributed by atoms with Gasteiger partial charge < -0.3 is 10.1 Å². The Morgan fingerprint density at radius 1 is 1.41 bits per heavy atom. The highest BCUT2D eigenvalue weighted by Crippen LogP contribution is 2.29. The van der Waals surface area contributed by atoms with Gasteiger partial charge in [-0.2, -0.15) is 13.2 Å². The van der Waals surface area contributed by atoms with Gasteiger partial charge in [-0.05, 0) is 18.1 Å². The van der Waals surface area contributed by atoms with Crippen LogP contribution in [0.1, 0.15) is 11.1 Å². The molecule has 0 fully saturated rings. The average Bonchev–Trinajstić information content (AvgIpc) is 2.28. The first kappa shape index (κ1) is 13.3. The molecule has 0 bridgehead atoms. The van der Waals surface area contributed by atoms with E-state index in [1.807, 2.05) is 0 Å². The number of hydrogen-bond donors (Lipinski definition) is 1. The summed E-state index contributed by atoms with van der Waals surface area (Å²) in [4.78, 5) is 10.7. The molecule has 6 heteroatoms. The summed E-state index contributed by atoms with van der Waals surface area (Å²) in [6.45, 7) is 0.230. The van der Waals surface area contributed by atoms with E-state index < -0.39 is 17.8 Å². The van der Waals surface area contributed by atoms with Gasteiger partial charge in [0, 0.05) is 6.54 Å². The quantitative estimate of drug-likeness (QED) is 0.891. The SMILES string of the molecule is COC(=O)NCCc1cccc(C(F)(F)F)c1. The minimum Gasteiger partial charge on any atom is -0.453 e. The molecule has 0 unspecified atom stereocenters. The first-order chi connectivity index (χ1) is 7.93. The van der Waals surface area contributed by atoms with Gasteiger partial charge in [-0.1, -0.05) is 18.2 Å². The van der Waals surface area contributed by atoms with Crippen molar-refractivity contribution in [3.8, 4) is 0 Å². The Kier molecular flexibility index (Phi) is 4.37. The molecule has 1 aromatic rings. The van der Waals surface area contributed by atoms with Gasteiger partial charge in [-0.25, -0.2) is 4.79 Å². The summed E-state index contributed by atoms with van der Waals surface area (Å²) < 4.78 is 41.5. The van der Waals surface area contributed by atoms with Crippen LogP contribution >= 0.6 is 0 Å². The van der Waals surface area contributed by atoms with E-state index in [4.69, 9.17) is 0 Å². The minimum atomic E-state index is -4.34. The van der Waals surface area contributed by atoms with E-state index in [0.29, 0.717) is 12.0 Å². The third-order valence-electron chi connectivity index (χ3n) is 2.12. The largest absolute Gasteiger partial charge is 0.453 e. The summed E-state index contributed by atoms with van der Waals surface area (Å²) in [6.07, 6.45) is -4.62. The van der Waals surface area contributed by atoms with E-state index in [1.54, 1.807) is 6.07 Å².